The van der Waals surface area contributed by atoms with Crippen LogP contribution in [-0.2, 0) is 23.9 Å². The van der Waals surface area contributed by atoms with E-state index in [9.17, 15) is 24.3 Å². The molecule has 2 heterocycles. The molecule has 3 atom stereocenters. The number of rotatable bonds is 9. The quantitative estimate of drug-likeness (QED) is 0.262. The number of hydrogen-bond acceptors (Lipinski definition) is 8. The summed E-state index contributed by atoms with van der Waals surface area (Å²) in [6.07, 6.45) is -3.28. The van der Waals surface area contributed by atoms with Crippen LogP contribution in [0.3, 0.4) is 0 Å². The Hall–Kier alpha value is -4.61. The van der Waals surface area contributed by atoms with Crippen LogP contribution >= 0.6 is 11.8 Å². The van der Waals surface area contributed by atoms with Gasteiger partial charge in [0.25, 0.3) is 11.8 Å². The molecule has 2 unspecified atom stereocenters. The number of aliphatic hydroxyl groups is 1. The molecule has 0 bridgehead atoms. The van der Waals surface area contributed by atoms with Gasteiger partial charge in [0.15, 0.2) is 12.2 Å². The first kappa shape index (κ1) is 27.9. The van der Waals surface area contributed by atoms with E-state index in [0.29, 0.717) is 11.1 Å². The number of nitrogens with one attached hydrogen (secondary N) is 1. The highest BCUT2D eigenvalue weighted by Crippen LogP contribution is 2.42. The number of aliphatic hydroxyl groups excluding tert-OH is 1. The third-order valence-electron chi connectivity index (χ3n) is 6.72. The molecule has 4 N–H and O–H groups in total. The molecule has 5 rings (SSSR count). The largest absolute Gasteiger partial charge is 0.448 e. The lowest BCUT2D eigenvalue weighted by Gasteiger charge is -2.49. The highest BCUT2D eigenvalue weighted by molar-refractivity contribution is 8.00. The average Bonchev–Trinajstić information content (AvgIpc) is 3.01. The molecular weight excluding hydrogens is 546 g/mol. The molecule has 0 radical (unpaired) electrons. The van der Waals surface area contributed by atoms with Crippen molar-refractivity contribution in [1.82, 2.24) is 10.2 Å². The van der Waals surface area contributed by atoms with Crippen molar-refractivity contribution in [3.8, 4) is 0 Å². The number of hydrogen-bond donors (Lipinski definition) is 3. The van der Waals surface area contributed by atoms with Crippen molar-refractivity contribution in [1.29, 1.82) is 0 Å². The Morgan fingerprint density at radius 1 is 0.927 bits per heavy atom. The molecular formula is C30H27N3O7S. The van der Waals surface area contributed by atoms with E-state index in [1.54, 1.807) is 30.3 Å². The zero-order valence-corrected chi connectivity index (χ0v) is 22.5. The van der Waals surface area contributed by atoms with Gasteiger partial charge < -0.3 is 25.6 Å². The molecule has 0 aromatic heterocycles. The molecule has 11 heteroatoms. The summed E-state index contributed by atoms with van der Waals surface area (Å²) in [7, 11) is 0. The van der Waals surface area contributed by atoms with E-state index < -0.39 is 47.5 Å². The van der Waals surface area contributed by atoms with Crippen LogP contribution in [0.1, 0.15) is 28.9 Å². The van der Waals surface area contributed by atoms with Crippen molar-refractivity contribution in [2.24, 2.45) is 5.73 Å². The maximum absolute atomic E-state index is 13.8. The maximum Gasteiger partial charge on any atom is 0.404 e. The first-order chi connectivity index (χ1) is 19.8. The van der Waals surface area contributed by atoms with Crippen LogP contribution in [0.15, 0.2) is 102 Å². The van der Waals surface area contributed by atoms with Crippen LogP contribution in [0.5, 0.6) is 0 Å². The predicted molar refractivity (Wildman–Crippen MR) is 150 cm³/mol. The highest BCUT2D eigenvalue weighted by Gasteiger charge is 2.55. The molecule has 2 aliphatic heterocycles. The van der Waals surface area contributed by atoms with Gasteiger partial charge in [0.05, 0.1) is 0 Å². The number of carbonyl (C=O) groups excluding carboxylic acids is 4. The number of fused-ring (bicyclic) bond motifs is 1. The Balaban J connectivity index is 1.40. The lowest BCUT2D eigenvalue weighted by atomic mass is 10.0. The van der Waals surface area contributed by atoms with E-state index in [2.05, 4.69) is 5.32 Å². The molecule has 2 aliphatic rings. The molecule has 3 amide bonds. The zero-order valence-electron chi connectivity index (χ0n) is 21.7. The molecule has 0 aliphatic carbocycles. The predicted octanol–water partition coefficient (Wildman–Crippen LogP) is 2.80. The molecule has 3 aromatic carbocycles. The van der Waals surface area contributed by atoms with Crippen molar-refractivity contribution in [3.05, 3.63) is 119 Å². The van der Waals surface area contributed by atoms with E-state index in [4.69, 9.17) is 15.2 Å². The van der Waals surface area contributed by atoms with E-state index in [-0.39, 0.29) is 18.1 Å². The number of β-lactam (4-membered cyclic amide) rings is 1. The second-order valence-corrected chi connectivity index (χ2v) is 10.5. The summed E-state index contributed by atoms with van der Waals surface area (Å²) in [6.45, 7) is -0.311. The summed E-state index contributed by atoms with van der Waals surface area (Å²) in [6, 6.07) is 25.7. The van der Waals surface area contributed by atoms with E-state index in [0.717, 1.165) is 11.1 Å². The van der Waals surface area contributed by atoms with Crippen LogP contribution in [0, 0.1) is 0 Å². The van der Waals surface area contributed by atoms with Crippen LogP contribution in [0.25, 0.3) is 0 Å². The molecule has 3 aromatic rings. The standard InChI is InChI=1S/C30H27N3O7S/c31-30(38)39-16-21-17-41-28-22(32-26(35)24(34)18-10-4-1-5-11-18)27(36)33(28)23(21)29(37)40-25(19-12-6-2-7-13-19)20-14-8-3-9-15-20/h1-15,22,24-25,28,34H,16-17H2,(H2,31,38)(H,32,35)/t22?,24?,28-/m0/s1. The molecule has 210 valence electrons. The number of nitrogens with two attached hydrogens (primary N) is 1. The van der Waals surface area contributed by atoms with Gasteiger partial charge in [-0.3, -0.25) is 14.5 Å². The van der Waals surface area contributed by atoms with Crippen molar-refractivity contribution in [3.63, 3.8) is 0 Å². The van der Waals surface area contributed by atoms with Gasteiger partial charge in [0.2, 0.25) is 0 Å². The van der Waals surface area contributed by atoms with Crippen LogP contribution in [0.4, 0.5) is 4.79 Å². The lowest BCUT2D eigenvalue weighted by molar-refractivity contribution is -0.155. The van der Waals surface area contributed by atoms with Gasteiger partial charge in [-0.15, -0.1) is 11.8 Å². The molecule has 1 saturated heterocycles. The fraction of sp³-hybridized carbons (Fsp3) is 0.200. The number of esters is 1. The van der Waals surface area contributed by atoms with Gasteiger partial charge in [0, 0.05) is 11.3 Å². The summed E-state index contributed by atoms with van der Waals surface area (Å²) in [5, 5.41) is 12.4. The lowest BCUT2D eigenvalue weighted by Crippen LogP contribution is -2.71. The van der Waals surface area contributed by atoms with Crippen molar-refractivity contribution >= 4 is 35.6 Å². The summed E-state index contributed by atoms with van der Waals surface area (Å²) in [5.41, 5.74) is 7.27. The van der Waals surface area contributed by atoms with Crippen molar-refractivity contribution < 1.29 is 33.8 Å². The third kappa shape index (κ3) is 5.96. The average molecular weight is 574 g/mol. The van der Waals surface area contributed by atoms with E-state index in [1.165, 1.54) is 16.7 Å². The van der Waals surface area contributed by atoms with E-state index >= 15 is 0 Å². The number of amides is 3. The number of benzene rings is 3. The van der Waals surface area contributed by atoms with Gasteiger partial charge in [0.1, 0.15) is 23.7 Å². The Morgan fingerprint density at radius 3 is 2.00 bits per heavy atom. The fourth-order valence-electron chi connectivity index (χ4n) is 4.71. The summed E-state index contributed by atoms with van der Waals surface area (Å²) < 4.78 is 11.0. The Kier molecular flexibility index (Phi) is 8.37. The maximum atomic E-state index is 13.8. The van der Waals surface area contributed by atoms with Gasteiger partial charge in [-0.05, 0) is 16.7 Å². The van der Waals surface area contributed by atoms with Crippen LogP contribution in [-0.4, -0.2) is 57.7 Å². The molecule has 0 saturated carbocycles. The number of nitrogens with zero attached hydrogens (tertiary/aromatic N) is 1. The van der Waals surface area contributed by atoms with Gasteiger partial charge in [-0.1, -0.05) is 91.0 Å². The SMILES string of the molecule is NC(=O)OCC1=C(C(=O)OC(c2ccccc2)c2ccccc2)N2C(=O)C(NC(=O)C(O)c3ccccc3)[C@@H]2SC1. The minimum atomic E-state index is -1.47. The highest BCUT2D eigenvalue weighted by atomic mass is 32.2. The first-order valence-electron chi connectivity index (χ1n) is 12.8. The third-order valence-corrected chi connectivity index (χ3v) is 8.06. The van der Waals surface area contributed by atoms with Crippen molar-refractivity contribution in [2.75, 3.05) is 12.4 Å². The normalized spacial score (nSPS) is 18.7. The van der Waals surface area contributed by atoms with Gasteiger partial charge >= 0.3 is 12.1 Å². The van der Waals surface area contributed by atoms with Crippen LogP contribution in [0.2, 0.25) is 0 Å². The number of primary amides is 1. The van der Waals surface area contributed by atoms with Crippen LogP contribution < -0.4 is 11.1 Å². The van der Waals surface area contributed by atoms with E-state index in [1.807, 2.05) is 60.7 Å². The number of carbonyl (C=O) groups is 4. The summed E-state index contributed by atoms with van der Waals surface area (Å²) in [5.74, 6) is -1.88. The first-order valence-corrected chi connectivity index (χ1v) is 13.8. The number of thioether (sulfide) groups is 1. The van der Waals surface area contributed by atoms with Gasteiger partial charge in [-0.2, -0.15) is 0 Å². The smallest absolute Gasteiger partial charge is 0.404 e. The fourth-order valence-corrected chi connectivity index (χ4v) is 6.03. The second-order valence-electron chi connectivity index (χ2n) is 9.38. The number of ether oxygens (including phenoxy) is 2. The Bertz CT molecular complexity index is 1430. The summed E-state index contributed by atoms with van der Waals surface area (Å²) >= 11 is 1.28. The molecule has 0 spiro atoms. The second kappa shape index (κ2) is 12.3. The molecule has 1 fully saturated rings. The molecule has 41 heavy (non-hydrogen) atoms. The Morgan fingerprint density at radius 2 is 1.46 bits per heavy atom. The van der Waals surface area contributed by atoms with Crippen molar-refractivity contribution in [2.45, 2.75) is 23.6 Å². The molecule has 10 nitrogen and oxygen atoms in total. The monoisotopic (exact) mass is 573 g/mol. The minimum absolute atomic E-state index is 0.0639. The minimum Gasteiger partial charge on any atom is -0.448 e. The van der Waals surface area contributed by atoms with Gasteiger partial charge in [-0.25, -0.2) is 9.59 Å². The Labute approximate surface area is 240 Å². The zero-order chi connectivity index (χ0) is 28.9. The summed E-state index contributed by atoms with van der Waals surface area (Å²) in [4.78, 5) is 52.5. The topological polar surface area (TPSA) is 148 Å².